The van der Waals surface area contributed by atoms with Gasteiger partial charge in [0.2, 0.25) is 0 Å². The largest absolute Gasteiger partial charge is 0.491 e. The molecular formula is C26H28N2O4. The van der Waals surface area contributed by atoms with Crippen molar-refractivity contribution >= 4 is 23.2 Å². The van der Waals surface area contributed by atoms with E-state index in [4.69, 9.17) is 9.47 Å². The fourth-order valence-electron chi connectivity index (χ4n) is 3.02. The van der Waals surface area contributed by atoms with Crippen molar-refractivity contribution in [3.05, 3.63) is 83.9 Å². The van der Waals surface area contributed by atoms with E-state index >= 15 is 0 Å². The van der Waals surface area contributed by atoms with Gasteiger partial charge in [0.1, 0.15) is 11.5 Å². The summed E-state index contributed by atoms with van der Waals surface area (Å²) < 4.78 is 11.3. The van der Waals surface area contributed by atoms with Gasteiger partial charge in [-0.2, -0.15) is 0 Å². The van der Waals surface area contributed by atoms with Gasteiger partial charge in [-0.25, -0.2) is 0 Å². The summed E-state index contributed by atoms with van der Waals surface area (Å²) >= 11 is 0. The van der Waals surface area contributed by atoms with Crippen molar-refractivity contribution in [2.24, 2.45) is 0 Å². The van der Waals surface area contributed by atoms with E-state index in [1.54, 1.807) is 48.5 Å². The molecule has 0 aliphatic rings. The lowest BCUT2D eigenvalue weighted by Gasteiger charge is -2.12. The Morgan fingerprint density at radius 3 is 1.34 bits per heavy atom. The van der Waals surface area contributed by atoms with Crippen molar-refractivity contribution < 1.29 is 19.1 Å². The van der Waals surface area contributed by atoms with Crippen LogP contribution in [0.25, 0.3) is 0 Å². The Morgan fingerprint density at radius 2 is 1.00 bits per heavy atom. The molecule has 3 aromatic carbocycles. The first-order valence-corrected chi connectivity index (χ1v) is 10.6. The van der Waals surface area contributed by atoms with Crippen LogP contribution in [0.1, 0.15) is 48.4 Å². The number of amides is 2. The Hall–Kier alpha value is -3.80. The van der Waals surface area contributed by atoms with Crippen molar-refractivity contribution in [2.75, 3.05) is 10.6 Å². The number of hydrogen-bond donors (Lipinski definition) is 2. The molecule has 3 aromatic rings. The molecule has 0 radical (unpaired) electrons. The molecule has 2 N–H and O–H groups in total. The quantitative estimate of drug-likeness (QED) is 0.474. The van der Waals surface area contributed by atoms with Gasteiger partial charge in [0.05, 0.1) is 12.2 Å². The first kappa shape index (κ1) is 22.9. The Bertz CT molecular complexity index is 989. The predicted molar refractivity (Wildman–Crippen MR) is 127 cm³/mol. The van der Waals surface area contributed by atoms with Crippen molar-refractivity contribution in [3.63, 3.8) is 0 Å². The monoisotopic (exact) mass is 432 g/mol. The van der Waals surface area contributed by atoms with E-state index in [1.807, 2.05) is 52.0 Å². The van der Waals surface area contributed by atoms with Crippen molar-refractivity contribution in [2.45, 2.75) is 39.9 Å². The Labute approximate surface area is 188 Å². The van der Waals surface area contributed by atoms with Crippen LogP contribution in [0.3, 0.4) is 0 Å². The highest BCUT2D eigenvalue weighted by atomic mass is 16.5. The second-order valence-electron chi connectivity index (χ2n) is 7.87. The summed E-state index contributed by atoms with van der Waals surface area (Å²) in [5, 5.41) is 5.70. The average Bonchev–Trinajstić information content (AvgIpc) is 2.73. The van der Waals surface area contributed by atoms with Gasteiger partial charge in [0.15, 0.2) is 0 Å². The lowest BCUT2D eigenvalue weighted by Crippen LogP contribution is -2.14. The molecule has 0 spiro atoms. The zero-order valence-corrected chi connectivity index (χ0v) is 18.7. The summed E-state index contributed by atoms with van der Waals surface area (Å²) in [7, 11) is 0. The standard InChI is InChI=1S/C26H28N2O4/c1-17(2)31-23-9-5-7-21(15-23)27-25(29)19-11-13-20(14-12-19)26(30)28-22-8-6-10-24(16-22)32-18(3)4/h5-18H,1-4H3,(H,27,29)(H,28,30). The molecule has 6 nitrogen and oxygen atoms in total. The van der Waals surface area contributed by atoms with E-state index in [1.165, 1.54) is 0 Å². The molecule has 0 atom stereocenters. The molecule has 166 valence electrons. The number of hydrogen-bond acceptors (Lipinski definition) is 4. The molecule has 0 saturated carbocycles. The van der Waals surface area contributed by atoms with Gasteiger partial charge in [-0.15, -0.1) is 0 Å². The summed E-state index contributed by atoms with van der Waals surface area (Å²) in [4.78, 5) is 25.2. The van der Waals surface area contributed by atoms with Crippen LogP contribution >= 0.6 is 0 Å². The molecule has 3 rings (SSSR count). The van der Waals surface area contributed by atoms with E-state index in [0.29, 0.717) is 34.0 Å². The molecule has 32 heavy (non-hydrogen) atoms. The van der Waals surface area contributed by atoms with Crippen molar-refractivity contribution in [3.8, 4) is 11.5 Å². The topological polar surface area (TPSA) is 76.7 Å². The maximum Gasteiger partial charge on any atom is 0.255 e. The number of benzene rings is 3. The molecule has 0 aliphatic carbocycles. The minimum absolute atomic E-state index is 0.0462. The average molecular weight is 433 g/mol. The fraction of sp³-hybridized carbons (Fsp3) is 0.231. The van der Waals surface area contributed by atoms with Crippen LogP contribution in [0.5, 0.6) is 11.5 Å². The highest BCUT2D eigenvalue weighted by molar-refractivity contribution is 6.07. The molecule has 0 fully saturated rings. The number of nitrogens with one attached hydrogen (secondary N) is 2. The molecule has 0 heterocycles. The summed E-state index contributed by atoms with van der Waals surface area (Å²) in [6, 6.07) is 21.0. The first-order chi connectivity index (χ1) is 15.3. The molecule has 0 bridgehead atoms. The van der Waals surface area contributed by atoms with Gasteiger partial charge in [-0.05, 0) is 76.2 Å². The van der Waals surface area contributed by atoms with E-state index in [9.17, 15) is 9.59 Å². The van der Waals surface area contributed by atoms with Crippen LogP contribution in [0.15, 0.2) is 72.8 Å². The van der Waals surface area contributed by atoms with E-state index < -0.39 is 0 Å². The predicted octanol–water partition coefficient (Wildman–Crippen LogP) is 5.77. The smallest absolute Gasteiger partial charge is 0.255 e. The minimum Gasteiger partial charge on any atom is -0.491 e. The zero-order chi connectivity index (χ0) is 23.1. The third kappa shape index (κ3) is 6.60. The lowest BCUT2D eigenvalue weighted by atomic mass is 10.1. The lowest BCUT2D eigenvalue weighted by molar-refractivity contribution is 0.101. The van der Waals surface area contributed by atoms with Gasteiger partial charge in [-0.3, -0.25) is 9.59 Å². The van der Waals surface area contributed by atoms with E-state index in [0.717, 1.165) is 0 Å². The van der Waals surface area contributed by atoms with Gasteiger partial charge in [0.25, 0.3) is 11.8 Å². The molecule has 2 amide bonds. The van der Waals surface area contributed by atoms with Crippen LogP contribution in [0, 0.1) is 0 Å². The Morgan fingerprint density at radius 1 is 0.625 bits per heavy atom. The van der Waals surface area contributed by atoms with Crippen LogP contribution in [-0.2, 0) is 0 Å². The molecule has 0 unspecified atom stereocenters. The molecular weight excluding hydrogens is 404 g/mol. The summed E-state index contributed by atoms with van der Waals surface area (Å²) in [6.45, 7) is 7.77. The van der Waals surface area contributed by atoms with Gasteiger partial charge in [0, 0.05) is 34.6 Å². The third-order valence-electron chi connectivity index (χ3n) is 4.34. The maximum atomic E-state index is 12.6. The van der Waals surface area contributed by atoms with Crippen LogP contribution in [-0.4, -0.2) is 24.0 Å². The van der Waals surface area contributed by atoms with Crippen LogP contribution < -0.4 is 20.1 Å². The fourth-order valence-corrected chi connectivity index (χ4v) is 3.02. The van der Waals surface area contributed by atoms with Crippen LogP contribution in [0.2, 0.25) is 0 Å². The number of carbonyl (C=O) groups excluding carboxylic acids is 2. The third-order valence-corrected chi connectivity index (χ3v) is 4.34. The van der Waals surface area contributed by atoms with Crippen molar-refractivity contribution in [1.82, 2.24) is 0 Å². The minimum atomic E-state index is -0.266. The normalized spacial score (nSPS) is 10.7. The highest BCUT2D eigenvalue weighted by Gasteiger charge is 2.11. The number of rotatable bonds is 8. The van der Waals surface area contributed by atoms with E-state index in [-0.39, 0.29) is 24.0 Å². The van der Waals surface area contributed by atoms with Crippen LogP contribution in [0.4, 0.5) is 11.4 Å². The summed E-state index contributed by atoms with van der Waals surface area (Å²) in [5.74, 6) is 0.842. The van der Waals surface area contributed by atoms with Gasteiger partial charge >= 0.3 is 0 Å². The second kappa shape index (κ2) is 10.5. The summed E-state index contributed by atoms with van der Waals surface area (Å²) in [6.07, 6.45) is 0.0923. The molecule has 6 heteroatoms. The first-order valence-electron chi connectivity index (χ1n) is 10.6. The highest BCUT2D eigenvalue weighted by Crippen LogP contribution is 2.21. The molecule has 0 aromatic heterocycles. The van der Waals surface area contributed by atoms with Gasteiger partial charge < -0.3 is 20.1 Å². The Kier molecular flexibility index (Phi) is 7.49. The molecule has 0 aliphatic heterocycles. The van der Waals surface area contributed by atoms with E-state index in [2.05, 4.69) is 10.6 Å². The van der Waals surface area contributed by atoms with Gasteiger partial charge in [-0.1, -0.05) is 12.1 Å². The zero-order valence-electron chi connectivity index (χ0n) is 18.7. The number of ether oxygens (including phenoxy) is 2. The summed E-state index contributed by atoms with van der Waals surface area (Å²) in [5.41, 5.74) is 2.17. The SMILES string of the molecule is CC(C)Oc1cccc(NC(=O)c2ccc(C(=O)Nc3cccc(OC(C)C)c3)cc2)c1. The van der Waals surface area contributed by atoms with Crippen molar-refractivity contribution in [1.29, 1.82) is 0 Å². The number of anilines is 2. The molecule has 0 saturated heterocycles. The Balaban J connectivity index is 1.63. The number of carbonyl (C=O) groups is 2. The maximum absolute atomic E-state index is 12.6. The second-order valence-corrected chi connectivity index (χ2v) is 7.87.